The van der Waals surface area contributed by atoms with Crippen LogP contribution in [-0.4, -0.2) is 96.7 Å². The minimum absolute atomic E-state index is 0.0294. The highest BCUT2D eigenvalue weighted by molar-refractivity contribution is 7.47. The fourth-order valence-corrected chi connectivity index (χ4v) is 11.8. The van der Waals surface area contributed by atoms with E-state index >= 15 is 0 Å². The summed E-state index contributed by atoms with van der Waals surface area (Å²) < 4.78 is 68.6. The Kier molecular flexibility index (Phi) is 75.0. The first kappa shape index (κ1) is 102. The summed E-state index contributed by atoms with van der Waals surface area (Å²) in [5.74, 6) is -2.30. The van der Waals surface area contributed by atoms with Gasteiger partial charge in [-0.25, -0.2) is 9.13 Å². The molecule has 0 heterocycles. The predicted octanol–water partition coefficient (Wildman–Crippen LogP) is 24.3. The topological polar surface area (TPSA) is 237 Å². The maximum absolute atomic E-state index is 13.1. The Morgan fingerprint density at radius 2 is 0.481 bits per heavy atom. The van der Waals surface area contributed by atoms with Crippen LogP contribution in [0.2, 0.25) is 0 Å². The Hall–Kier alpha value is -5.84. The van der Waals surface area contributed by atoms with Crippen LogP contribution in [0.3, 0.4) is 0 Å². The zero-order valence-corrected chi connectivity index (χ0v) is 68.7. The third-order valence-corrected chi connectivity index (χ3v) is 18.2. The quantitative estimate of drug-likeness (QED) is 0.0169. The Morgan fingerprint density at radius 1 is 0.269 bits per heavy atom. The SMILES string of the molecule is CC/C=C\C/C=C\C/C=C\C/C=C\CCCCCCC(=O)OCC(COP(=O)(O)OCC(O)COP(=O)(O)OCC(COC(=O)CCCCCCCC/C=C\C/C=C\C/C=C\CCCCC)OC(=O)CCCCCC/C=C\C/C=C\C/C=C\C/C=C\CC)OC(=O)CCCC/C=C\C/C=C\C/C=C\C/C=C\CC. The third kappa shape index (κ3) is 78.3. The maximum Gasteiger partial charge on any atom is 0.472 e. The number of rotatable bonds is 75. The Morgan fingerprint density at radius 3 is 0.759 bits per heavy atom. The number of hydrogen-bond acceptors (Lipinski definition) is 15. The molecule has 0 aliphatic carbocycles. The molecular weight excluding hydrogens is 1400 g/mol. The molecule has 0 rings (SSSR count). The molecule has 0 amide bonds. The number of phosphoric ester groups is 2. The molecule has 19 heteroatoms. The van der Waals surface area contributed by atoms with Crippen molar-refractivity contribution >= 4 is 39.5 Å². The van der Waals surface area contributed by atoms with E-state index in [1.807, 2.05) is 0 Å². The third-order valence-electron chi connectivity index (χ3n) is 16.3. The molecule has 0 spiro atoms. The number of aliphatic hydroxyl groups excluding tert-OH is 1. The van der Waals surface area contributed by atoms with Crippen LogP contribution < -0.4 is 0 Å². The van der Waals surface area contributed by atoms with E-state index in [2.05, 4.69) is 210 Å². The van der Waals surface area contributed by atoms with Crippen molar-refractivity contribution in [1.29, 1.82) is 0 Å². The number of carbonyl (C=O) groups is 4. The monoisotopic (exact) mass is 1550 g/mol. The lowest BCUT2D eigenvalue weighted by molar-refractivity contribution is -0.161. The highest BCUT2D eigenvalue weighted by Crippen LogP contribution is 2.45. The molecule has 5 atom stereocenters. The van der Waals surface area contributed by atoms with Gasteiger partial charge in [-0.1, -0.05) is 274 Å². The average Bonchev–Trinajstić information content (AvgIpc) is 0.906. The van der Waals surface area contributed by atoms with Crippen molar-refractivity contribution in [3.8, 4) is 0 Å². The second kappa shape index (κ2) is 79.3. The summed E-state index contributed by atoms with van der Waals surface area (Å²) in [6, 6.07) is 0. The molecule has 5 unspecified atom stereocenters. The summed E-state index contributed by atoms with van der Waals surface area (Å²) in [5.41, 5.74) is 0. The largest absolute Gasteiger partial charge is 0.472 e. The van der Waals surface area contributed by atoms with Gasteiger partial charge in [0.1, 0.15) is 19.3 Å². The van der Waals surface area contributed by atoms with Gasteiger partial charge in [-0.3, -0.25) is 37.3 Å². The van der Waals surface area contributed by atoms with Crippen LogP contribution in [0.1, 0.15) is 297 Å². The lowest BCUT2D eigenvalue weighted by Gasteiger charge is -2.21. The molecule has 0 saturated carbocycles. The summed E-state index contributed by atoms with van der Waals surface area (Å²) in [5, 5.41) is 10.7. The molecular formula is C89H144O17P2. The lowest BCUT2D eigenvalue weighted by atomic mass is 10.1. The van der Waals surface area contributed by atoms with E-state index in [-0.39, 0.29) is 25.7 Å². The van der Waals surface area contributed by atoms with Crippen molar-refractivity contribution in [2.45, 2.75) is 316 Å². The first-order chi connectivity index (χ1) is 52.7. The molecule has 0 saturated heterocycles. The van der Waals surface area contributed by atoms with Crippen LogP contribution in [0.5, 0.6) is 0 Å². The average molecular weight is 1550 g/mol. The molecule has 0 aromatic heterocycles. The molecule has 17 nitrogen and oxygen atoms in total. The number of allylic oxidation sites excluding steroid dienone is 30. The van der Waals surface area contributed by atoms with Gasteiger partial charge in [-0.15, -0.1) is 0 Å². The minimum Gasteiger partial charge on any atom is -0.462 e. The molecule has 108 heavy (non-hydrogen) atoms. The zero-order chi connectivity index (χ0) is 78.9. The van der Waals surface area contributed by atoms with Gasteiger partial charge in [-0.2, -0.15) is 0 Å². The first-order valence-corrected chi connectivity index (χ1v) is 44.0. The van der Waals surface area contributed by atoms with Crippen molar-refractivity contribution < 1.29 is 80.2 Å². The van der Waals surface area contributed by atoms with Crippen molar-refractivity contribution in [3.63, 3.8) is 0 Å². The summed E-state index contributed by atoms with van der Waals surface area (Å²) >= 11 is 0. The zero-order valence-electron chi connectivity index (χ0n) is 66.9. The van der Waals surface area contributed by atoms with E-state index in [4.69, 9.17) is 37.0 Å². The molecule has 3 N–H and O–H groups in total. The van der Waals surface area contributed by atoms with Gasteiger partial charge in [-0.05, 0) is 180 Å². The Balaban J connectivity index is 5.48. The van der Waals surface area contributed by atoms with Gasteiger partial charge in [0.25, 0.3) is 0 Å². The Bertz CT molecular complexity index is 2760. The van der Waals surface area contributed by atoms with Gasteiger partial charge in [0, 0.05) is 25.7 Å². The van der Waals surface area contributed by atoms with Gasteiger partial charge < -0.3 is 33.8 Å². The number of ether oxygens (including phenoxy) is 4. The number of aliphatic hydroxyl groups is 1. The molecule has 0 aliphatic rings. The number of unbranched alkanes of at least 4 members (excludes halogenated alkanes) is 19. The second-order valence-corrected chi connectivity index (χ2v) is 29.5. The van der Waals surface area contributed by atoms with E-state index in [9.17, 15) is 43.2 Å². The maximum atomic E-state index is 13.1. The lowest BCUT2D eigenvalue weighted by Crippen LogP contribution is -2.30. The second-order valence-electron chi connectivity index (χ2n) is 26.6. The van der Waals surface area contributed by atoms with Crippen molar-refractivity contribution in [2.75, 3.05) is 39.6 Å². The number of phosphoric acid groups is 2. The fourth-order valence-electron chi connectivity index (χ4n) is 10.2. The molecule has 0 radical (unpaired) electrons. The van der Waals surface area contributed by atoms with Gasteiger partial charge in [0.05, 0.1) is 26.4 Å². The number of hydrogen-bond donors (Lipinski definition) is 3. The van der Waals surface area contributed by atoms with Gasteiger partial charge >= 0.3 is 39.5 Å². The minimum atomic E-state index is -5.01. The molecule has 612 valence electrons. The molecule has 0 bridgehead atoms. The van der Waals surface area contributed by atoms with Crippen LogP contribution in [0.25, 0.3) is 0 Å². The van der Waals surface area contributed by atoms with Crippen LogP contribution in [0, 0.1) is 0 Å². The van der Waals surface area contributed by atoms with Crippen LogP contribution in [0.4, 0.5) is 0 Å². The predicted molar refractivity (Wildman–Crippen MR) is 445 cm³/mol. The van der Waals surface area contributed by atoms with E-state index < -0.39 is 97.5 Å². The Labute approximate surface area is 654 Å². The van der Waals surface area contributed by atoms with Crippen molar-refractivity contribution in [3.05, 3.63) is 182 Å². The summed E-state index contributed by atoms with van der Waals surface area (Å²) in [6.07, 6.45) is 95.8. The number of esters is 4. The van der Waals surface area contributed by atoms with E-state index in [0.717, 1.165) is 193 Å². The fraction of sp³-hybridized carbons (Fsp3) is 0.618. The summed E-state index contributed by atoms with van der Waals surface area (Å²) in [6.45, 7) is 4.38. The molecule has 0 aliphatic heterocycles. The molecule has 0 aromatic carbocycles. The van der Waals surface area contributed by atoms with E-state index in [1.165, 1.54) is 19.3 Å². The summed E-state index contributed by atoms with van der Waals surface area (Å²) in [4.78, 5) is 73.2. The van der Waals surface area contributed by atoms with E-state index in [0.29, 0.717) is 32.1 Å². The molecule has 0 aromatic rings. The van der Waals surface area contributed by atoms with Crippen molar-refractivity contribution in [2.24, 2.45) is 0 Å². The highest BCUT2D eigenvalue weighted by Gasteiger charge is 2.30. The van der Waals surface area contributed by atoms with Crippen molar-refractivity contribution in [1.82, 2.24) is 0 Å². The first-order valence-electron chi connectivity index (χ1n) is 41.0. The standard InChI is InChI=1S/C89H144O17P2/c1-5-9-13-17-21-25-29-33-37-40-41-44-47-50-54-58-62-66-70-74-87(92)100-80-85(106-89(94)76-72-68-64-60-56-52-48-43-39-35-31-27-23-19-15-11-7-3)82-104-108(97,98)102-78-83(90)77-101-107(95,96)103-81-84(105-88(93)75-71-67-63-59-55-51-45-36-32-28-24-20-16-12-8-4)79-99-86(91)73-69-65-61-57-53-49-46-42-38-34-30-26-22-18-14-10-6-2/h10-12,14-16,21-28,33-39,41,44-46,48-49,52,55,59,83-85,90H,5-9,13,17-20,29-32,40,42-43,47,50-51,53-54,56-58,60-82H2,1-4H3,(H,95,96)(H,97,98)/b14-10-,15-11-,16-12-,25-21-,26-22-,27-23-,28-24-,37-33-,38-34-,39-35-,44-41-,45-36-,49-46-,52-48-,59-55-. The van der Waals surface area contributed by atoms with Crippen LogP contribution >= 0.6 is 15.6 Å². The normalized spacial score (nSPS) is 14.8. The highest BCUT2D eigenvalue weighted by atomic mass is 31.2. The smallest absolute Gasteiger partial charge is 0.462 e. The summed E-state index contributed by atoms with van der Waals surface area (Å²) in [7, 11) is -10.0. The van der Waals surface area contributed by atoms with Crippen LogP contribution in [0.15, 0.2) is 182 Å². The van der Waals surface area contributed by atoms with Crippen LogP contribution in [-0.2, 0) is 65.4 Å². The van der Waals surface area contributed by atoms with E-state index in [1.54, 1.807) is 0 Å². The number of carbonyl (C=O) groups excluding carboxylic acids is 4. The van der Waals surface area contributed by atoms with Gasteiger partial charge in [0.15, 0.2) is 12.2 Å². The molecule has 0 fully saturated rings. The van der Waals surface area contributed by atoms with Gasteiger partial charge in [0.2, 0.25) is 0 Å².